The summed E-state index contributed by atoms with van der Waals surface area (Å²) >= 11 is 6.01. The number of nitrogens with two attached hydrogens (primary N) is 1. The Balaban J connectivity index is 2.23. The number of anilines is 2. The number of carbonyl (C=O) groups is 1. The fourth-order valence-electron chi connectivity index (χ4n) is 1.81. The molecule has 20 heavy (non-hydrogen) atoms. The first-order valence-electron chi connectivity index (χ1n) is 6.02. The molecule has 4 nitrogen and oxygen atoms in total. The van der Waals surface area contributed by atoms with Gasteiger partial charge in [-0.05, 0) is 37.3 Å². The molecule has 5 heteroatoms. The Morgan fingerprint density at radius 2 is 2.00 bits per heavy atom. The van der Waals surface area contributed by atoms with Gasteiger partial charge in [-0.25, -0.2) is 0 Å². The van der Waals surface area contributed by atoms with Gasteiger partial charge in [-0.3, -0.25) is 4.79 Å². The highest BCUT2D eigenvalue weighted by molar-refractivity contribution is 6.32. The molecule has 0 spiro atoms. The second kappa shape index (κ2) is 5.84. The number of ether oxygens (including phenoxy) is 1. The highest BCUT2D eigenvalue weighted by Crippen LogP contribution is 2.27. The summed E-state index contributed by atoms with van der Waals surface area (Å²) in [6.45, 7) is 1.90. The molecule has 0 aromatic heterocycles. The van der Waals surface area contributed by atoms with E-state index in [1.165, 1.54) is 7.11 Å². The number of nitrogen functional groups attached to an aromatic ring is 1. The van der Waals surface area contributed by atoms with Crippen LogP contribution >= 0.6 is 11.6 Å². The Kier molecular flexibility index (Phi) is 4.15. The molecule has 0 heterocycles. The van der Waals surface area contributed by atoms with Gasteiger partial charge in [-0.15, -0.1) is 0 Å². The Morgan fingerprint density at radius 3 is 2.65 bits per heavy atom. The quantitative estimate of drug-likeness (QED) is 0.851. The zero-order valence-corrected chi connectivity index (χ0v) is 12.0. The molecule has 0 atom stereocenters. The molecule has 0 aliphatic carbocycles. The fraction of sp³-hybridized carbons (Fsp3) is 0.133. The second-order valence-electron chi connectivity index (χ2n) is 4.39. The predicted molar refractivity (Wildman–Crippen MR) is 81.5 cm³/mol. The first-order valence-corrected chi connectivity index (χ1v) is 6.40. The van der Waals surface area contributed by atoms with Crippen molar-refractivity contribution >= 4 is 28.9 Å². The summed E-state index contributed by atoms with van der Waals surface area (Å²) in [5, 5.41) is 3.19. The van der Waals surface area contributed by atoms with Crippen LogP contribution in [-0.2, 0) is 0 Å². The van der Waals surface area contributed by atoms with E-state index in [4.69, 9.17) is 22.1 Å². The van der Waals surface area contributed by atoms with Gasteiger partial charge in [0, 0.05) is 11.4 Å². The summed E-state index contributed by atoms with van der Waals surface area (Å²) in [5.41, 5.74) is 8.25. The van der Waals surface area contributed by atoms with E-state index in [1.54, 1.807) is 30.3 Å². The van der Waals surface area contributed by atoms with Crippen LogP contribution in [0.15, 0.2) is 36.4 Å². The SMILES string of the molecule is COc1ccc(NC(=O)c2cc(C)ccc2N)cc1Cl. The van der Waals surface area contributed by atoms with Crippen molar-refractivity contribution in [1.82, 2.24) is 0 Å². The molecular formula is C15H15ClN2O2. The number of carbonyl (C=O) groups excluding carboxylic acids is 1. The average molecular weight is 291 g/mol. The second-order valence-corrected chi connectivity index (χ2v) is 4.80. The van der Waals surface area contributed by atoms with Crippen molar-refractivity contribution in [3.05, 3.63) is 52.5 Å². The maximum Gasteiger partial charge on any atom is 0.257 e. The maximum absolute atomic E-state index is 12.2. The fourth-order valence-corrected chi connectivity index (χ4v) is 2.07. The van der Waals surface area contributed by atoms with Crippen LogP contribution in [0.3, 0.4) is 0 Å². The molecule has 2 aromatic rings. The van der Waals surface area contributed by atoms with Crippen LogP contribution in [0.25, 0.3) is 0 Å². The smallest absolute Gasteiger partial charge is 0.257 e. The van der Waals surface area contributed by atoms with Gasteiger partial charge >= 0.3 is 0 Å². The van der Waals surface area contributed by atoms with Crippen LogP contribution in [0.1, 0.15) is 15.9 Å². The number of halogens is 1. The number of nitrogens with one attached hydrogen (secondary N) is 1. The van der Waals surface area contributed by atoms with Gasteiger partial charge in [0.15, 0.2) is 0 Å². The van der Waals surface area contributed by atoms with Crippen LogP contribution < -0.4 is 15.8 Å². The van der Waals surface area contributed by atoms with Gasteiger partial charge in [-0.2, -0.15) is 0 Å². The topological polar surface area (TPSA) is 64.3 Å². The van der Waals surface area contributed by atoms with Crippen molar-refractivity contribution in [2.75, 3.05) is 18.2 Å². The molecule has 0 aliphatic rings. The highest BCUT2D eigenvalue weighted by atomic mass is 35.5. The number of amides is 1. The van der Waals surface area contributed by atoms with E-state index in [-0.39, 0.29) is 5.91 Å². The van der Waals surface area contributed by atoms with Crippen LogP contribution in [0.2, 0.25) is 5.02 Å². The van der Waals surface area contributed by atoms with Crippen LogP contribution in [0, 0.1) is 6.92 Å². The predicted octanol–water partition coefficient (Wildman–Crippen LogP) is 3.49. The Morgan fingerprint density at radius 1 is 1.25 bits per heavy atom. The largest absolute Gasteiger partial charge is 0.495 e. The summed E-state index contributed by atoms with van der Waals surface area (Å²) in [4.78, 5) is 12.2. The van der Waals surface area contributed by atoms with Crippen molar-refractivity contribution in [3.8, 4) is 5.75 Å². The molecule has 0 aliphatic heterocycles. The molecule has 0 unspecified atom stereocenters. The molecule has 104 valence electrons. The minimum Gasteiger partial charge on any atom is -0.495 e. The molecule has 2 aromatic carbocycles. The normalized spacial score (nSPS) is 10.2. The minimum atomic E-state index is -0.271. The number of benzene rings is 2. The van der Waals surface area contributed by atoms with E-state index < -0.39 is 0 Å². The van der Waals surface area contributed by atoms with Gasteiger partial charge in [0.1, 0.15) is 5.75 Å². The average Bonchev–Trinajstić information content (AvgIpc) is 2.41. The number of hydrogen-bond donors (Lipinski definition) is 2. The van der Waals surface area contributed by atoms with Crippen LogP contribution in [0.4, 0.5) is 11.4 Å². The summed E-state index contributed by atoms with van der Waals surface area (Å²) in [6.07, 6.45) is 0. The molecule has 0 fully saturated rings. The number of hydrogen-bond acceptors (Lipinski definition) is 3. The van der Waals surface area contributed by atoms with Crippen LogP contribution in [-0.4, -0.2) is 13.0 Å². The summed E-state index contributed by atoms with van der Waals surface area (Å²) < 4.78 is 5.06. The highest BCUT2D eigenvalue weighted by Gasteiger charge is 2.11. The van der Waals surface area contributed by atoms with Crippen molar-refractivity contribution in [1.29, 1.82) is 0 Å². The number of methoxy groups -OCH3 is 1. The van der Waals surface area contributed by atoms with Crippen molar-refractivity contribution in [3.63, 3.8) is 0 Å². The maximum atomic E-state index is 12.2. The van der Waals surface area contributed by atoms with Crippen LogP contribution in [0.5, 0.6) is 5.75 Å². The molecule has 2 rings (SSSR count). The Bertz CT molecular complexity index is 656. The molecule has 3 N–H and O–H groups in total. The minimum absolute atomic E-state index is 0.271. The van der Waals surface area contributed by atoms with E-state index in [0.717, 1.165) is 5.56 Å². The summed E-state index contributed by atoms with van der Waals surface area (Å²) in [7, 11) is 1.53. The van der Waals surface area contributed by atoms with Crippen molar-refractivity contribution in [2.45, 2.75) is 6.92 Å². The molecule has 0 bridgehead atoms. The van der Waals surface area contributed by atoms with Crippen molar-refractivity contribution < 1.29 is 9.53 Å². The van der Waals surface area contributed by atoms with Crippen molar-refractivity contribution in [2.24, 2.45) is 0 Å². The third kappa shape index (κ3) is 3.03. The standard InChI is InChI=1S/C15H15ClN2O2/c1-9-3-5-13(17)11(7-9)15(19)18-10-4-6-14(20-2)12(16)8-10/h3-8H,17H2,1-2H3,(H,18,19). The lowest BCUT2D eigenvalue weighted by Crippen LogP contribution is -2.14. The van der Waals surface area contributed by atoms with E-state index in [1.807, 2.05) is 13.0 Å². The summed E-state index contributed by atoms with van der Waals surface area (Å²) in [6, 6.07) is 10.4. The molecular weight excluding hydrogens is 276 g/mol. The first-order chi connectivity index (χ1) is 9.51. The van der Waals surface area contributed by atoms with Gasteiger partial charge in [0.2, 0.25) is 0 Å². The Hall–Kier alpha value is -2.20. The molecule has 0 saturated carbocycles. The van der Waals surface area contributed by atoms with Gasteiger partial charge < -0.3 is 15.8 Å². The number of rotatable bonds is 3. The van der Waals surface area contributed by atoms with E-state index in [0.29, 0.717) is 27.7 Å². The lowest BCUT2D eigenvalue weighted by atomic mass is 10.1. The molecule has 0 radical (unpaired) electrons. The zero-order valence-electron chi connectivity index (χ0n) is 11.2. The lowest BCUT2D eigenvalue weighted by molar-refractivity contribution is 0.102. The van der Waals surface area contributed by atoms with Gasteiger partial charge in [-0.1, -0.05) is 23.2 Å². The lowest BCUT2D eigenvalue weighted by Gasteiger charge is -2.10. The van der Waals surface area contributed by atoms with Gasteiger partial charge in [0.25, 0.3) is 5.91 Å². The third-order valence-corrected chi connectivity index (χ3v) is 3.16. The summed E-state index contributed by atoms with van der Waals surface area (Å²) in [5.74, 6) is 0.284. The number of aryl methyl sites for hydroxylation is 1. The van der Waals surface area contributed by atoms with Gasteiger partial charge in [0.05, 0.1) is 17.7 Å². The Labute approximate surface area is 122 Å². The zero-order chi connectivity index (χ0) is 14.7. The monoisotopic (exact) mass is 290 g/mol. The first kappa shape index (κ1) is 14.2. The third-order valence-electron chi connectivity index (χ3n) is 2.86. The molecule has 0 saturated heterocycles. The molecule has 1 amide bonds. The van der Waals surface area contributed by atoms with E-state index in [2.05, 4.69) is 5.32 Å². The van der Waals surface area contributed by atoms with E-state index in [9.17, 15) is 4.79 Å². The van der Waals surface area contributed by atoms with E-state index >= 15 is 0 Å².